The molecule has 2 unspecified atom stereocenters. The van der Waals surface area contributed by atoms with E-state index >= 15 is 0 Å². The average molecular weight is 841 g/mol. The number of hydrogen-bond acceptors (Lipinski definition) is 4. The van der Waals surface area contributed by atoms with E-state index in [0.29, 0.717) is 11.1 Å². The summed E-state index contributed by atoms with van der Waals surface area (Å²) >= 11 is 0. The molecule has 0 bridgehead atoms. The summed E-state index contributed by atoms with van der Waals surface area (Å²) in [7, 11) is 4.19. The molecule has 0 spiro atoms. The minimum atomic E-state index is -0.338. The van der Waals surface area contributed by atoms with Crippen molar-refractivity contribution in [2.45, 2.75) is 103 Å². The molecular formula is C60H64N4. The summed E-state index contributed by atoms with van der Waals surface area (Å²) in [6, 6.07) is 38.7. The van der Waals surface area contributed by atoms with Gasteiger partial charge < -0.3 is 9.80 Å². The Morgan fingerprint density at radius 1 is 0.625 bits per heavy atom. The topological polar surface area (TPSA) is 54.1 Å². The minimum Gasteiger partial charge on any atom is -0.347 e. The molecule has 0 fully saturated rings. The molecule has 2 heterocycles. The van der Waals surface area contributed by atoms with E-state index in [2.05, 4.69) is 201 Å². The van der Waals surface area contributed by atoms with E-state index in [-0.39, 0.29) is 21.7 Å². The molecule has 7 rings (SSSR count). The number of nitrogens with zero attached hydrogens (tertiary/aromatic N) is 4. The molecule has 4 nitrogen and oxygen atoms in total. The first-order valence-corrected chi connectivity index (χ1v) is 22.7. The highest BCUT2D eigenvalue weighted by Crippen LogP contribution is 2.49. The second-order valence-corrected chi connectivity index (χ2v) is 19.6. The highest BCUT2D eigenvalue weighted by Gasteiger charge is 2.40. The van der Waals surface area contributed by atoms with Gasteiger partial charge in [0.2, 0.25) is 0 Å². The third kappa shape index (κ3) is 7.97. The number of rotatable bonds is 13. The molecule has 0 aliphatic carbocycles. The lowest BCUT2D eigenvalue weighted by molar-refractivity contribution is 0.434. The standard InChI is InChI=1S/C60H64N4/c1-41-21-13-16-26-49(41)59(9,43(3)22-19-27-54-57(5,6)50-33-30-45(39-61)37-52(50)63(54)11)35-17-18-36-60(10,56-42(2)29-32-47-24-14-15-25-48(47)56)44(4)23-20-28-55-58(7,8)51-34-31-46(40-62)38-53(51)64(55)12/h13-16,19-34,37-38H,3-4,17-18,35-36H2,1-2,5-12H3. The van der Waals surface area contributed by atoms with Crippen LogP contribution < -0.4 is 9.80 Å². The summed E-state index contributed by atoms with van der Waals surface area (Å²) in [5, 5.41) is 21.7. The number of nitriles is 2. The van der Waals surface area contributed by atoms with Crippen molar-refractivity contribution in [1.82, 2.24) is 0 Å². The van der Waals surface area contributed by atoms with Gasteiger partial charge in [0.15, 0.2) is 0 Å². The SMILES string of the molecule is C=C(C=CC=C1N(C)c2cc(C#N)ccc2C1(C)C)C(C)(CCCCC(C)(C(=C)C=CC=C1N(C)c2cc(C#N)ccc2C1(C)C)c1c(C)ccc2ccccc12)c1ccccc1C. The molecule has 0 amide bonds. The van der Waals surface area contributed by atoms with Gasteiger partial charge in [-0.2, -0.15) is 10.5 Å². The molecule has 4 heteroatoms. The summed E-state index contributed by atoms with van der Waals surface area (Å²) in [6.07, 6.45) is 17.1. The molecule has 324 valence electrons. The van der Waals surface area contributed by atoms with Crippen molar-refractivity contribution in [3.05, 3.63) is 214 Å². The van der Waals surface area contributed by atoms with Gasteiger partial charge in [-0.1, -0.05) is 165 Å². The first-order valence-electron chi connectivity index (χ1n) is 22.7. The zero-order valence-electron chi connectivity index (χ0n) is 39.7. The monoisotopic (exact) mass is 841 g/mol. The zero-order valence-corrected chi connectivity index (χ0v) is 39.7. The second kappa shape index (κ2) is 17.5. The van der Waals surface area contributed by atoms with Gasteiger partial charge in [0.25, 0.3) is 0 Å². The maximum atomic E-state index is 9.62. The molecule has 2 aliphatic heterocycles. The van der Waals surface area contributed by atoms with Crippen LogP contribution in [0.1, 0.15) is 112 Å². The number of aryl methyl sites for hydroxylation is 2. The molecule has 0 radical (unpaired) electrons. The molecule has 5 aromatic carbocycles. The Balaban J connectivity index is 1.16. The van der Waals surface area contributed by atoms with E-state index in [1.165, 1.54) is 55.5 Å². The average Bonchev–Trinajstić information content (AvgIpc) is 3.59. The Morgan fingerprint density at radius 3 is 1.64 bits per heavy atom. The third-order valence-electron chi connectivity index (χ3n) is 14.9. The lowest BCUT2D eigenvalue weighted by atomic mass is 9.68. The smallest absolute Gasteiger partial charge is 0.0992 e. The van der Waals surface area contributed by atoms with Gasteiger partial charge in [-0.3, -0.25) is 0 Å². The fraction of sp³-hybridized carbons (Fsp3) is 0.300. The zero-order chi connectivity index (χ0) is 46.2. The van der Waals surface area contributed by atoms with Crippen LogP contribution in [0.2, 0.25) is 0 Å². The number of allylic oxidation sites excluding steroid dienone is 10. The van der Waals surface area contributed by atoms with Gasteiger partial charge in [0.1, 0.15) is 0 Å². The number of benzene rings is 5. The molecule has 2 atom stereocenters. The Kier molecular flexibility index (Phi) is 12.4. The maximum absolute atomic E-state index is 9.62. The Bertz CT molecular complexity index is 2880. The van der Waals surface area contributed by atoms with Crippen molar-refractivity contribution < 1.29 is 0 Å². The molecule has 0 saturated heterocycles. The van der Waals surface area contributed by atoms with E-state index in [9.17, 15) is 10.5 Å². The first-order chi connectivity index (χ1) is 30.4. The van der Waals surface area contributed by atoms with Crippen molar-refractivity contribution in [2.24, 2.45) is 0 Å². The van der Waals surface area contributed by atoms with Crippen LogP contribution in [-0.2, 0) is 21.7 Å². The van der Waals surface area contributed by atoms with Gasteiger partial charge in [0, 0.05) is 58.5 Å². The number of fused-ring (bicyclic) bond motifs is 3. The Hall–Kier alpha value is -6.62. The quantitative estimate of drug-likeness (QED) is 0.0875. The van der Waals surface area contributed by atoms with E-state index < -0.39 is 0 Å². The van der Waals surface area contributed by atoms with E-state index in [1.807, 2.05) is 24.3 Å². The predicted molar refractivity (Wildman–Crippen MR) is 271 cm³/mol. The van der Waals surface area contributed by atoms with Crippen molar-refractivity contribution in [3.63, 3.8) is 0 Å². The van der Waals surface area contributed by atoms with Crippen molar-refractivity contribution in [2.75, 3.05) is 23.9 Å². The highest BCUT2D eigenvalue weighted by molar-refractivity contribution is 5.88. The second-order valence-electron chi connectivity index (χ2n) is 19.6. The van der Waals surface area contributed by atoms with Crippen molar-refractivity contribution in [3.8, 4) is 12.1 Å². The fourth-order valence-corrected chi connectivity index (χ4v) is 10.9. The molecule has 2 aliphatic rings. The lowest BCUT2D eigenvalue weighted by Crippen LogP contribution is -2.27. The summed E-state index contributed by atoms with van der Waals surface area (Å²) in [4.78, 5) is 4.44. The molecule has 0 saturated carbocycles. The summed E-state index contributed by atoms with van der Waals surface area (Å²) in [5.41, 5.74) is 14.7. The highest BCUT2D eigenvalue weighted by atomic mass is 15.2. The number of likely N-dealkylation sites (N-methyl/N-ethyl adjacent to an activating group) is 2. The van der Waals surface area contributed by atoms with Gasteiger partial charge in [-0.15, -0.1) is 0 Å². The Morgan fingerprint density at radius 2 is 1.11 bits per heavy atom. The first kappa shape index (κ1) is 45.4. The fourth-order valence-electron chi connectivity index (χ4n) is 10.9. The predicted octanol–water partition coefficient (Wildman–Crippen LogP) is 14.8. The van der Waals surface area contributed by atoms with Crippen LogP contribution in [0, 0.1) is 36.5 Å². The van der Waals surface area contributed by atoms with Crippen molar-refractivity contribution >= 4 is 22.1 Å². The summed E-state index contributed by atoms with van der Waals surface area (Å²) in [6.45, 7) is 27.8. The van der Waals surface area contributed by atoms with Gasteiger partial charge >= 0.3 is 0 Å². The largest absolute Gasteiger partial charge is 0.347 e. The Labute approximate surface area is 383 Å². The van der Waals surface area contributed by atoms with E-state index in [4.69, 9.17) is 13.2 Å². The van der Waals surface area contributed by atoms with Crippen molar-refractivity contribution in [1.29, 1.82) is 10.5 Å². The molecular weight excluding hydrogens is 777 g/mol. The van der Waals surface area contributed by atoms with Crippen LogP contribution in [0.15, 0.2) is 169 Å². The van der Waals surface area contributed by atoms with Crippen LogP contribution in [0.5, 0.6) is 0 Å². The van der Waals surface area contributed by atoms with Crippen LogP contribution >= 0.6 is 0 Å². The number of anilines is 2. The maximum Gasteiger partial charge on any atom is 0.0992 e. The number of hydrogen-bond donors (Lipinski definition) is 0. The minimum absolute atomic E-state index is 0.202. The third-order valence-corrected chi connectivity index (χ3v) is 14.9. The molecule has 0 aromatic heterocycles. The normalized spacial score (nSPS) is 18.2. The van der Waals surface area contributed by atoms with E-state index in [1.54, 1.807) is 0 Å². The van der Waals surface area contributed by atoms with Gasteiger partial charge in [-0.05, 0) is 118 Å². The van der Waals surface area contributed by atoms with E-state index in [0.717, 1.165) is 48.2 Å². The van der Waals surface area contributed by atoms with Crippen LogP contribution in [-0.4, -0.2) is 14.1 Å². The number of unbranched alkanes of at least 4 members (excludes halogenated alkanes) is 1. The van der Waals surface area contributed by atoms with Gasteiger partial charge in [-0.25, -0.2) is 0 Å². The molecule has 5 aromatic rings. The molecule has 64 heavy (non-hydrogen) atoms. The van der Waals surface area contributed by atoms with Crippen LogP contribution in [0.4, 0.5) is 11.4 Å². The van der Waals surface area contributed by atoms with Crippen LogP contribution in [0.3, 0.4) is 0 Å². The van der Waals surface area contributed by atoms with Gasteiger partial charge in [0.05, 0.1) is 23.3 Å². The molecule has 0 N–H and O–H groups in total. The summed E-state index contributed by atoms with van der Waals surface area (Å²) in [5.74, 6) is 0. The van der Waals surface area contributed by atoms with Crippen LogP contribution in [0.25, 0.3) is 10.8 Å². The summed E-state index contributed by atoms with van der Waals surface area (Å²) < 4.78 is 0. The lowest BCUT2D eigenvalue weighted by Gasteiger charge is -2.36.